The molecular formula is C11H13F3N3. The second-order valence-corrected chi connectivity index (χ2v) is 3.98. The second-order valence-electron chi connectivity index (χ2n) is 3.98. The minimum atomic E-state index is -4.36. The van der Waals surface area contributed by atoms with Crippen molar-refractivity contribution in [3.05, 3.63) is 30.9 Å². The molecule has 17 heavy (non-hydrogen) atoms. The first kappa shape index (κ1) is 12.2. The highest BCUT2D eigenvalue weighted by Crippen LogP contribution is 2.35. The molecule has 0 amide bonds. The van der Waals surface area contributed by atoms with Gasteiger partial charge in [0.15, 0.2) is 0 Å². The summed E-state index contributed by atoms with van der Waals surface area (Å²) in [5, 5.41) is 0. The van der Waals surface area contributed by atoms with Crippen molar-refractivity contribution in [1.82, 2.24) is 9.88 Å². The Morgan fingerprint density at radius 2 is 1.82 bits per heavy atom. The molecule has 0 unspecified atom stereocenters. The van der Waals surface area contributed by atoms with E-state index in [9.17, 15) is 13.2 Å². The molecule has 93 valence electrons. The molecule has 0 bridgehead atoms. The molecule has 1 saturated heterocycles. The van der Waals surface area contributed by atoms with Crippen molar-refractivity contribution in [2.24, 2.45) is 0 Å². The number of anilines is 1. The molecule has 1 aliphatic rings. The third-order valence-corrected chi connectivity index (χ3v) is 2.76. The summed E-state index contributed by atoms with van der Waals surface area (Å²) in [5.74, 6) is 0.0214. The second kappa shape index (κ2) is 4.52. The number of piperazine rings is 1. The van der Waals surface area contributed by atoms with Crippen molar-refractivity contribution in [1.29, 1.82) is 0 Å². The largest absolute Gasteiger partial charge is 0.419 e. The van der Waals surface area contributed by atoms with E-state index in [-0.39, 0.29) is 5.82 Å². The zero-order chi connectivity index (χ0) is 12.5. The lowest BCUT2D eigenvalue weighted by Gasteiger charge is -2.34. The van der Waals surface area contributed by atoms with Crippen LogP contribution in [0.5, 0.6) is 0 Å². The summed E-state index contributed by atoms with van der Waals surface area (Å²) >= 11 is 0. The normalized spacial score (nSPS) is 18.5. The molecule has 3 nitrogen and oxygen atoms in total. The van der Waals surface area contributed by atoms with Crippen LogP contribution in [0.2, 0.25) is 0 Å². The van der Waals surface area contributed by atoms with Crippen LogP contribution in [0.25, 0.3) is 0 Å². The molecule has 6 heteroatoms. The maximum Gasteiger partial charge on any atom is 0.419 e. The first-order valence-electron chi connectivity index (χ1n) is 5.31. The predicted octanol–water partition coefficient (Wildman–Crippen LogP) is 2.01. The van der Waals surface area contributed by atoms with Gasteiger partial charge in [0.1, 0.15) is 5.82 Å². The van der Waals surface area contributed by atoms with E-state index in [1.807, 2.05) is 4.90 Å². The van der Waals surface area contributed by atoms with Crippen LogP contribution in [-0.4, -0.2) is 36.1 Å². The Labute approximate surface area is 97.9 Å². The van der Waals surface area contributed by atoms with Gasteiger partial charge in [-0.25, -0.2) is 4.98 Å². The van der Waals surface area contributed by atoms with Gasteiger partial charge in [0.05, 0.1) is 5.56 Å². The van der Waals surface area contributed by atoms with Gasteiger partial charge in [0.25, 0.3) is 0 Å². The molecule has 0 spiro atoms. The summed E-state index contributed by atoms with van der Waals surface area (Å²) in [6, 6.07) is 2.38. The zero-order valence-electron chi connectivity index (χ0n) is 9.24. The monoisotopic (exact) mass is 244 g/mol. The molecule has 0 aromatic carbocycles. The van der Waals surface area contributed by atoms with Crippen LogP contribution in [0.3, 0.4) is 0 Å². The predicted molar refractivity (Wildman–Crippen MR) is 58.4 cm³/mol. The topological polar surface area (TPSA) is 19.4 Å². The summed E-state index contributed by atoms with van der Waals surface area (Å²) in [4.78, 5) is 7.36. The van der Waals surface area contributed by atoms with Crippen molar-refractivity contribution in [2.45, 2.75) is 6.18 Å². The molecule has 2 rings (SSSR count). The lowest BCUT2D eigenvalue weighted by molar-refractivity contribution is -0.137. The van der Waals surface area contributed by atoms with Gasteiger partial charge in [-0.05, 0) is 12.1 Å². The van der Waals surface area contributed by atoms with E-state index >= 15 is 0 Å². The summed E-state index contributed by atoms with van der Waals surface area (Å²) in [7, 11) is 3.76. The minimum Gasteiger partial charge on any atom is -0.354 e. The highest BCUT2D eigenvalue weighted by atomic mass is 19.4. The molecule has 2 heterocycles. The van der Waals surface area contributed by atoms with Crippen molar-refractivity contribution >= 4 is 5.82 Å². The van der Waals surface area contributed by atoms with E-state index in [1.165, 1.54) is 12.3 Å². The van der Waals surface area contributed by atoms with Crippen molar-refractivity contribution in [3.8, 4) is 0 Å². The van der Waals surface area contributed by atoms with E-state index in [0.717, 1.165) is 6.07 Å². The molecule has 1 radical (unpaired) electrons. The maximum absolute atomic E-state index is 12.8. The van der Waals surface area contributed by atoms with Gasteiger partial charge in [0, 0.05) is 39.4 Å². The lowest BCUT2D eigenvalue weighted by Crippen LogP contribution is -2.44. The quantitative estimate of drug-likeness (QED) is 0.753. The van der Waals surface area contributed by atoms with Crippen LogP contribution in [-0.2, 0) is 6.18 Å². The number of halogens is 3. The van der Waals surface area contributed by atoms with Crippen molar-refractivity contribution in [2.75, 3.05) is 31.1 Å². The number of aromatic nitrogens is 1. The average Bonchev–Trinajstić information content (AvgIpc) is 2.29. The first-order valence-corrected chi connectivity index (χ1v) is 5.31. The van der Waals surface area contributed by atoms with Gasteiger partial charge in [-0.15, -0.1) is 0 Å². The number of rotatable bonds is 1. The molecule has 1 fully saturated rings. The molecule has 0 saturated carbocycles. The molecule has 0 aliphatic carbocycles. The van der Waals surface area contributed by atoms with Gasteiger partial charge >= 0.3 is 6.18 Å². The Bertz CT molecular complexity index is 384. The Kier molecular flexibility index (Phi) is 3.24. The Morgan fingerprint density at radius 3 is 2.41 bits per heavy atom. The standard InChI is InChI=1S/C11H13F3N3/c1-16-5-7-17(8-6-16)10-9(11(12,13)14)3-2-4-15-10/h2-4H,1,5-8H2. The van der Waals surface area contributed by atoms with Crippen LogP contribution in [0.4, 0.5) is 19.0 Å². The van der Waals surface area contributed by atoms with Crippen LogP contribution >= 0.6 is 0 Å². The fraction of sp³-hybridized carbons (Fsp3) is 0.455. The highest BCUT2D eigenvalue weighted by molar-refractivity contribution is 5.48. The van der Waals surface area contributed by atoms with Gasteiger partial charge in [-0.3, -0.25) is 4.90 Å². The third kappa shape index (κ3) is 2.69. The van der Waals surface area contributed by atoms with Crippen LogP contribution < -0.4 is 4.90 Å². The molecule has 1 aromatic rings. The minimum absolute atomic E-state index is 0.0214. The first-order chi connectivity index (χ1) is 7.98. The van der Waals surface area contributed by atoms with Crippen molar-refractivity contribution < 1.29 is 13.2 Å². The average molecular weight is 244 g/mol. The number of hydrogen-bond donors (Lipinski definition) is 0. The smallest absolute Gasteiger partial charge is 0.354 e. The van der Waals surface area contributed by atoms with E-state index in [2.05, 4.69) is 12.0 Å². The molecular weight excluding hydrogens is 231 g/mol. The molecule has 1 aromatic heterocycles. The fourth-order valence-electron chi connectivity index (χ4n) is 1.83. The Balaban J connectivity index is 2.26. The van der Waals surface area contributed by atoms with Crippen molar-refractivity contribution in [3.63, 3.8) is 0 Å². The zero-order valence-corrected chi connectivity index (χ0v) is 9.24. The molecule has 0 atom stereocenters. The number of alkyl halides is 3. The number of nitrogens with zero attached hydrogens (tertiary/aromatic N) is 3. The van der Waals surface area contributed by atoms with E-state index in [1.54, 1.807) is 4.90 Å². The summed E-state index contributed by atoms with van der Waals surface area (Å²) < 4.78 is 38.4. The Morgan fingerprint density at radius 1 is 1.18 bits per heavy atom. The van der Waals surface area contributed by atoms with Crippen LogP contribution in [0.1, 0.15) is 5.56 Å². The summed E-state index contributed by atoms with van der Waals surface area (Å²) in [6.07, 6.45) is -2.97. The third-order valence-electron chi connectivity index (χ3n) is 2.76. The molecule has 0 N–H and O–H groups in total. The summed E-state index contributed by atoms with van der Waals surface area (Å²) in [5.41, 5.74) is -0.669. The number of pyridine rings is 1. The van der Waals surface area contributed by atoms with E-state index in [4.69, 9.17) is 0 Å². The van der Waals surface area contributed by atoms with E-state index in [0.29, 0.717) is 26.2 Å². The lowest BCUT2D eigenvalue weighted by atomic mass is 10.2. The van der Waals surface area contributed by atoms with Crippen LogP contribution in [0, 0.1) is 7.05 Å². The SMILES string of the molecule is [CH2]N1CCN(c2ncccc2C(F)(F)F)CC1. The molecule has 1 aliphatic heterocycles. The van der Waals surface area contributed by atoms with Gasteiger partial charge < -0.3 is 4.90 Å². The highest BCUT2D eigenvalue weighted by Gasteiger charge is 2.35. The Hall–Kier alpha value is -1.30. The van der Waals surface area contributed by atoms with Gasteiger partial charge in [-0.1, -0.05) is 0 Å². The summed E-state index contributed by atoms with van der Waals surface area (Å²) in [6.45, 7) is 2.33. The maximum atomic E-state index is 12.8. The van der Waals surface area contributed by atoms with Gasteiger partial charge in [-0.2, -0.15) is 13.2 Å². The number of hydrogen-bond acceptors (Lipinski definition) is 3. The fourth-order valence-corrected chi connectivity index (χ4v) is 1.83. The van der Waals surface area contributed by atoms with E-state index < -0.39 is 11.7 Å². The van der Waals surface area contributed by atoms with Crippen LogP contribution in [0.15, 0.2) is 18.3 Å². The van der Waals surface area contributed by atoms with Gasteiger partial charge in [0.2, 0.25) is 0 Å².